The molecule has 1 N–H and O–H groups in total. The summed E-state index contributed by atoms with van der Waals surface area (Å²) in [7, 11) is 2.04. The van der Waals surface area contributed by atoms with E-state index in [-0.39, 0.29) is 0 Å². The van der Waals surface area contributed by atoms with Gasteiger partial charge in [-0.2, -0.15) is 0 Å². The van der Waals surface area contributed by atoms with Crippen molar-refractivity contribution in [3.63, 3.8) is 0 Å². The van der Waals surface area contributed by atoms with Gasteiger partial charge in [0.15, 0.2) is 0 Å². The fourth-order valence-corrected chi connectivity index (χ4v) is 4.17. The van der Waals surface area contributed by atoms with Crippen LogP contribution in [-0.2, 0) is 12.8 Å². The van der Waals surface area contributed by atoms with Crippen molar-refractivity contribution in [3.8, 4) is 0 Å². The molecule has 110 valence electrons. The summed E-state index contributed by atoms with van der Waals surface area (Å²) >= 11 is 1.96. The average molecular weight is 297 g/mol. The van der Waals surface area contributed by atoms with Crippen LogP contribution in [0.3, 0.4) is 0 Å². The number of hydrogen-bond donors (Lipinski definition) is 1. The number of benzene rings is 1. The first kappa shape index (κ1) is 14.6. The van der Waals surface area contributed by atoms with Crippen LogP contribution < -0.4 is 5.32 Å². The predicted octanol–water partition coefficient (Wildman–Crippen LogP) is 4.56. The smallest absolute Gasteiger partial charge is 0.00828 e. The fraction of sp³-hybridized carbons (Fsp3) is 0.368. The molecule has 1 atom stereocenters. The number of hydrogen-bond acceptors (Lipinski definition) is 2. The van der Waals surface area contributed by atoms with Crippen molar-refractivity contribution in [1.29, 1.82) is 0 Å². The molecular formula is C19H23NS. The molecule has 0 radical (unpaired) electrons. The molecule has 1 aromatic heterocycles. The average Bonchev–Trinajstić information content (AvgIpc) is 3.12. The highest BCUT2D eigenvalue weighted by Gasteiger charge is 2.17. The fourth-order valence-electron chi connectivity index (χ4n) is 3.16. The molecule has 0 saturated carbocycles. The summed E-state index contributed by atoms with van der Waals surface area (Å²) in [6.07, 6.45) is 8.01. The number of rotatable bonds is 6. The summed E-state index contributed by atoms with van der Waals surface area (Å²) in [5, 5.41) is 3.31. The molecule has 0 amide bonds. The van der Waals surface area contributed by atoms with Gasteiger partial charge in [0.25, 0.3) is 0 Å². The summed E-state index contributed by atoms with van der Waals surface area (Å²) in [4.78, 5) is 2.95. The first-order chi connectivity index (χ1) is 10.3. The van der Waals surface area contributed by atoms with Crippen LogP contribution >= 0.6 is 11.3 Å². The van der Waals surface area contributed by atoms with Gasteiger partial charge in [-0.1, -0.05) is 30.4 Å². The Bertz CT molecular complexity index is 639. The molecule has 2 heteroatoms. The van der Waals surface area contributed by atoms with Gasteiger partial charge in [-0.3, -0.25) is 0 Å². The quantitative estimate of drug-likeness (QED) is 0.824. The number of aryl methyl sites for hydroxylation is 1. The van der Waals surface area contributed by atoms with E-state index in [0.29, 0.717) is 5.92 Å². The van der Waals surface area contributed by atoms with Gasteiger partial charge in [-0.05, 0) is 74.5 Å². The van der Waals surface area contributed by atoms with Crippen molar-refractivity contribution in [2.24, 2.45) is 0 Å². The summed E-state index contributed by atoms with van der Waals surface area (Å²) in [5.74, 6) is 0.628. The standard InChI is InChI=1S/C19H23NS/c1-14-9-10-19(21-14)17(11-12-20-2)13-16-7-3-5-15-6-4-8-18(15)16/h3-7,9-10,17,20H,8,11-13H2,1-2H3. The van der Waals surface area contributed by atoms with Gasteiger partial charge >= 0.3 is 0 Å². The third kappa shape index (κ3) is 3.28. The molecule has 1 nitrogen and oxygen atoms in total. The molecule has 0 fully saturated rings. The van der Waals surface area contributed by atoms with Crippen LogP contribution in [-0.4, -0.2) is 13.6 Å². The maximum atomic E-state index is 3.31. The van der Waals surface area contributed by atoms with Crippen LogP contribution in [0.5, 0.6) is 0 Å². The second kappa shape index (κ2) is 6.59. The monoisotopic (exact) mass is 297 g/mol. The maximum absolute atomic E-state index is 3.31. The van der Waals surface area contributed by atoms with Crippen molar-refractivity contribution >= 4 is 17.4 Å². The van der Waals surface area contributed by atoms with Gasteiger partial charge in [0, 0.05) is 9.75 Å². The Morgan fingerprint density at radius 1 is 1.24 bits per heavy atom. The van der Waals surface area contributed by atoms with Crippen molar-refractivity contribution in [2.45, 2.75) is 32.1 Å². The van der Waals surface area contributed by atoms with Crippen LogP contribution in [0.1, 0.15) is 38.8 Å². The number of fused-ring (bicyclic) bond motifs is 1. The lowest BCUT2D eigenvalue weighted by atomic mass is 9.90. The first-order valence-corrected chi connectivity index (χ1v) is 8.58. The molecule has 2 aromatic rings. The third-order valence-electron chi connectivity index (χ3n) is 4.30. The minimum Gasteiger partial charge on any atom is -0.320 e. The van der Waals surface area contributed by atoms with Crippen molar-refractivity contribution in [1.82, 2.24) is 5.32 Å². The number of allylic oxidation sites excluding steroid dienone is 1. The summed E-state index contributed by atoms with van der Waals surface area (Å²) in [5.41, 5.74) is 4.49. The molecular weight excluding hydrogens is 274 g/mol. The van der Waals surface area contributed by atoms with Gasteiger partial charge in [0.2, 0.25) is 0 Å². The Labute approximate surface area is 131 Å². The molecule has 1 aliphatic carbocycles. The van der Waals surface area contributed by atoms with Crippen LogP contribution in [0.15, 0.2) is 36.4 Å². The van der Waals surface area contributed by atoms with Crippen molar-refractivity contribution in [2.75, 3.05) is 13.6 Å². The van der Waals surface area contributed by atoms with E-state index in [4.69, 9.17) is 0 Å². The zero-order chi connectivity index (χ0) is 14.7. The van der Waals surface area contributed by atoms with Crippen LogP contribution in [0.25, 0.3) is 6.08 Å². The molecule has 21 heavy (non-hydrogen) atoms. The Kier molecular flexibility index (Phi) is 4.57. The van der Waals surface area contributed by atoms with Gasteiger partial charge in [-0.25, -0.2) is 0 Å². The van der Waals surface area contributed by atoms with Gasteiger partial charge in [0.05, 0.1) is 0 Å². The highest BCUT2D eigenvalue weighted by molar-refractivity contribution is 7.12. The second-order valence-electron chi connectivity index (χ2n) is 5.83. The number of thiophene rings is 1. The highest BCUT2D eigenvalue weighted by Crippen LogP contribution is 2.33. The summed E-state index contributed by atoms with van der Waals surface area (Å²) < 4.78 is 0. The van der Waals surface area contributed by atoms with Crippen molar-refractivity contribution < 1.29 is 0 Å². The van der Waals surface area contributed by atoms with Crippen LogP contribution in [0.2, 0.25) is 0 Å². The molecule has 1 aliphatic rings. The minimum absolute atomic E-state index is 0.628. The molecule has 1 heterocycles. The first-order valence-electron chi connectivity index (χ1n) is 7.76. The lowest BCUT2D eigenvalue weighted by Crippen LogP contribution is -2.14. The van der Waals surface area contributed by atoms with E-state index in [9.17, 15) is 0 Å². The molecule has 3 rings (SSSR count). The van der Waals surface area contributed by atoms with Crippen LogP contribution in [0.4, 0.5) is 0 Å². The minimum atomic E-state index is 0.628. The van der Waals surface area contributed by atoms with Crippen molar-refractivity contribution in [3.05, 3.63) is 62.9 Å². The Balaban J connectivity index is 1.83. The molecule has 0 saturated heterocycles. The SMILES string of the molecule is CNCCC(Cc1cccc2c1CC=C2)c1ccc(C)s1. The predicted molar refractivity (Wildman–Crippen MR) is 93.2 cm³/mol. The maximum Gasteiger partial charge on any atom is 0.00828 e. The Morgan fingerprint density at radius 2 is 2.14 bits per heavy atom. The topological polar surface area (TPSA) is 12.0 Å². The highest BCUT2D eigenvalue weighted by atomic mass is 32.1. The second-order valence-corrected chi connectivity index (χ2v) is 7.15. The van der Waals surface area contributed by atoms with E-state index < -0.39 is 0 Å². The summed E-state index contributed by atoms with van der Waals surface area (Å²) in [6.45, 7) is 3.28. The molecule has 0 spiro atoms. The molecule has 1 unspecified atom stereocenters. The third-order valence-corrected chi connectivity index (χ3v) is 5.46. The van der Waals surface area contributed by atoms with E-state index in [0.717, 1.165) is 19.4 Å². The largest absolute Gasteiger partial charge is 0.320 e. The summed E-state index contributed by atoms with van der Waals surface area (Å²) in [6, 6.07) is 11.3. The Morgan fingerprint density at radius 3 is 2.90 bits per heavy atom. The van der Waals surface area contributed by atoms with Gasteiger partial charge < -0.3 is 5.32 Å². The Hall–Kier alpha value is -1.38. The van der Waals surface area contributed by atoms with E-state index >= 15 is 0 Å². The zero-order valence-electron chi connectivity index (χ0n) is 12.9. The van der Waals surface area contributed by atoms with E-state index in [1.165, 1.54) is 27.3 Å². The van der Waals surface area contributed by atoms with E-state index in [1.807, 2.05) is 18.4 Å². The molecule has 0 aliphatic heterocycles. The zero-order valence-corrected chi connectivity index (χ0v) is 13.7. The molecule has 0 bridgehead atoms. The lowest BCUT2D eigenvalue weighted by Gasteiger charge is -2.18. The van der Waals surface area contributed by atoms with E-state index in [2.05, 4.69) is 54.7 Å². The van der Waals surface area contributed by atoms with Gasteiger partial charge in [0.1, 0.15) is 0 Å². The normalized spacial score (nSPS) is 14.4. The lowest BCUT2D eigenvalue weighted by molar-refractivity contribution is 0.599. The van der Waals surface area contributed by atoms with Crippen LogP contribution in [0, 0.1) is 6.92 Å². The number of nitrogens with one attached hydrogen (secondary N) is 1. The van der Waals surface area contributed by atoms with Gasteiger partial charge in [-0.15, -0.1) is 11.3 Å². The van der Waals surface area contributed by atoms with E-state index in [1.54, 1.807) is 5.56 Å². The molecule has 1 aromatic carbocycles.